The van der Waals surface area contributed by atoms with Crippen molar-refractivity contribution < 1.29 is 18.8 Å². The number of anilines is 2. The van der Waals surface area contributed by atoms with E-state index >= 15 is 0 Å². The molecule has 0 bridgehead atoms. The van der Waals surface area contributed by atoms with Gasteiger partial charge in [0.15, 0.2) is 0 Å². The number of nitrogens with one attached hydrogen (secondary N) is 2. The van der Waals surface area contributed by atoms with Gasteiger partial charge in [-0.1, -0.05) is 48.5 Å². The summed E-state index contributed by atoms with van der Waals surface area (Å²) in [5.74, 6) is -3.27. The van der Waals surface area contributed by atoms with Gasteiger partial charge >= 0.3 is 0 Å². The normalized spacial score (nSPS) is 27.7. The summed E-state index contributed by atoms with van der Waals surface area (Å²) in [6.07, 6.45) is 0.482. The van der Waals surface area contributed by atoms with Gasteiger partial charge in [-0.3, -0.25) is 19.7 Å². The smallest absolute Gasteiger partial charge is 0.250 e. The molecule has 0 unspecified atom stereocenters. The number of fused-ring (bicyclic) bond motifs is 4. The van der Waals surface area contributed by atoms with Crippen molar-refractivity contribution in [2.45, 2.75) is 18.0 Å². The second-order valence-corrected chi connectivity index (χ2v) is 8.74. The van der Waals surface area contributed by atoms with Crippen molar-refractivity contribution in [1.29, 1.82) is 0 Å². The van der Waals surface area contributed by atoms with E-state index < -0.39 is 35.1 Å². The van der Waals surface area contributed by atoms with Crippen molar-refractivity contribution >= 4 is 29.1 Å². The highest BCUT2D eigenvalue weighted by Crippen LogP contribution is 2.53. The zero-order valence-electron chi connectivity index (χ0n) is 17.5. The third kappa shape index (κ3) is 2.72. The van der Waals surface area contributed by atoms with E-state index in [1.165, 1.54) is 24.3 Å². The molecule has 0 saturated carbocycles. The Labute approximate surface area is 189 Å². The second kappa shape index (κ2) is 7.08. The summed E-state index contributed by atoms with van der Waals surface area (Å²) in [4.78, 5) is 42.0. The van der Waals surface area contributed by atoms with Crippen molar-refractivity contribution in [3.63, 3.8) is 0 Å². The first-order valence-corrected chi connectivity index (χ1v) is 10.9. The van der Waals surface area contributed by atoms with E-state index in [9.17, 15) is 18.8 Å². The number of para-hydroxylation sites is 1. The van der Waals surface area contributed by atoms with Crippen molar-refractivity contribution in [3.05, 3.63) is 95.8 Å². The molecule has 0 aromatic heterocycles. The van der Waals surface area contributed by atoms with Crippen LogP contribution in [0.5, 0.6) is 0 Å². The van der Waals surface area contributed by atoms with E-state index in [0.717, 1.165) is 10.5 Å². The summed E-state index contributed by atoms with van der Waals surface area (Å²) < 4.78 is 13.5. The number of amides is 3. The number of carbonyl (C=O) groups is 3. The summed E-state index contributed by atoms with van der Waals surface area (Å²) in [5.41, 5.74) is 1.26. The molecule has 3 amide bonds. The van der Waals surface area contributed by atoms with E-state index in [0.29, 0.717) is 23.4 Å². The molecule has 2 saturated heterocycles. The van der Waals surface area contributed by atoms with Crippen molar-refractivity contribution in [1.82, 2.24) is 5.32 Å². The van der Waals surface area contributed by atoms with Crippen LogP contribution in [-0.4, -0.2) is 23.8 Å². The van der Waals surface area contributed by atoms with Gasteiger partial charge in [0.1, 0.15) is 11.4 Å². The van der Waals surface area contributed by atoms with Gasteiger partial charge in [-0.15, -0.1) is 0 Å². The van der Waals surface area contributed by atoms with Crippen LogP contribution in [0.3, 0.4) is 0 Å². The van der Waals surface area contributed by atoms with Gasteiger partial charge in [-0.05, 0) is 42.3 Å². The summed E-state index contributed by atoms with van der Waals surface area (Å²) >= 11 is 0. The number of benzene rings is 3. The molecule has 6 rings (SSSR count). The van der Waals surface area contributed by atoms with Crippen LogP contribution in [0.4, 0.5) is 15.8 Å². The molecule has 0 radical (unpaired) electrons. The largest absolute Gasteiger partial charge is 0.324 e. The first kappa shape index (κ1) is 19.8. The Balaban J connectivity index is 1.49. The van der Waals surface area contributed by atoms with Crippen LogP contribution in [0.25, 0.3) is 0 Å². The molecule has 3 aromatic carbocycles. The van der Waals surface area contributed by atoms with Crippen molar-refractivity contribution in [2.24, 2.45) is 11.8 Å². The molecule has 2 fully saturated rings. The minimum atomic E-state index is -1.35. The van der Waals surface area contributed by atoms with Crippen LogP contribution in [0.1, 0.15) is 11.1 Å². The summed E-state index contributed by atoms with van der Waals surface area (Å²) in [6.45, 7) is 0. The number of rotatable bonds is 3. The zero-order valence-corrected chi connectivity index (χ0v) is 17.5. The molecule has 3 heterocycles. The lowest BCUT2D eigenvalue weighted by molar-refractivity contribution is -0.130. The van der Waals surface area contributed by atoms with Crippen molar-refractivity contribution in [3.8, 4) is 0 Å². The molecular weight excluding hydrogens is 421 g/mol. The molecule has 3 aromatic rings. The van der Waals surface area contributed by atoms with Gasteiger partial charge in [-0.2, -0.15) is 0 Å². The highest BCUT2D eigenvalue weighted by molar-refractivity contribution is 6.25. The Morgan fingerprint density at radius 3 is 2.30 bits per heavy atom. The van der Waals surface area contributed by atoms with Crippen LogP contribution >= 0.6 is 0 Å². The Bertz CT molecular complexity index is 1290. The first-order chi connectivity index (χ1) is 16.0. The Hall–Kier alpha value is -3.84. The highest BCUT2D eigenvalue weighted by Gasteiger charge is 2.70. The number of carbonyl (C=O) groups excluding carboxylic acids is 3. The maximum Gasteiger partial charge on any atom is 0.250 e. The van der Waals surface area contributed by atoms with Gasteiger partial charge in [-0.25, -0.2) is 9.29 Å². The number of halogens is 1. The van der Waals surface area contributed by atoms with E-state index in [4.69, 9.17) is 0 Å². The predicted octanol–water partition coefficient (Wildman–Crippen LogP) is 2.99. The lowest BCUT2D eigenvalue weighted by Gasteiger charge is -2.29. The predicted molar refractivity (Wildman–Crippen MR) is 120 cm³/mol. The summed E-state index contributed by atoms with van der Waals surface area (Å²) in [7, 11) is 0. The lowest BCUT2D eigenvalue weighted by atomic mass is 9.76. The summed E-state index contributed by atoms with van der Waals surface area (Å²) in [5, 5.41) is 6.32. The third-order valence-corrected chi connectivity index (χ3v) is 7.01. The van der Waals surface area contributed by atoms with Crippen LogP contribution in [0, 0.1) is 17.7 Å². The molecule has 164 valence electrons. The Morgan fingerprint density at radius 2 is 1.55 bits per heavy atom. The van der Waals surface area contributed by atoms with E-state index in [2.05, 4.69) is 10.6 Å². The zero-order chi connectivity index (χ0) is 22.7. The van der Waals surface area contributed by atoms with Crippen LogP contribution in [0.15, 0.2) is 78.9 Å². The minimum absolute atomic E-state index is 0.307. The fourth-order valence-corrected chi connectivity index (χ4v) is 5.65. The molecule has 7 heteroatoms. The van der Waals surface area contributed by atoms with Gasteiger partial charge in [0, 0.05) is 17.3 Å². The number of hydrogen-bond acceptors (Lipinski definition) is 4. The number of imide groups is 1. The third-order valence-electron chi connectivity index (χ3n) is 7.01. The molecule has 1 spiro atoms. The average molecular weight is 441 g/mol. The standard InChI is InChI=1S/C26H20FN3O3/c27-16-10-12-17(13-11-16)30-23(31)21-20(14-15-6-2-1-3-7-15)29-26(22(21)24(30)32)18-8-4-5-9-19(18)28-25(26)33/h1-13,20-22,29H,14H2,(H,28,33)/t20-,21+,22-,26-/m0/s1. The van der Waals surface area contributed by atoms with Gasteiger partial charge < -0.3 is 5.32 Å². The van der Waals surface area contributed by atoms with Gasteiger partial charge in [0.2, 0.25) is 17.7 Å². The maximum atomic E-state index is 13.8. The van der Waals surface area contributed by atoms with Crippen molar-refractivity contribution in [2.75, 3.05) is 10.2 Å². The highest BCUT2D eigenvalue weighted by atomic mass is 19.1. The molecule has 2 N–H and O–H groups in total. The molecule has 0 aliphatic carbocycles. The fourth-order valence-electron chi connectivity index (χ4n) is 5.65. The van der Waals surface area contributed by atoms with Gasteiger partial charge in [0.05, 0.1) is 17.5 Å². The average Bonchev–Trinajstić information content (AvgIpc) is 3.40. The lowest BCUT2D eigenvalue weighted by Crippen LogP contribution is -2.53. The minimum Gasteiger partial charge on any atom is -0.324 e. The summed E-state index contributed by atoms with van der Waals surface area (Å²) in [6, 6.07) is 21.8. The fraction of sp³-hybridized carbons (Fsp3) is 0.192. The van der Waals surface area contributed by atoms with Gasteiger partial charge in [0.25, 0.3) is 0 Å². The van der Waals surface area contributed by atoms with E-state index in [1.54, 1.807) is 6.07 Å². The first-order valence-electron chi connectivity index (χ1n) is 10.9. The number of hydrogen-bond donors (Lipinski definition) is 2. The Kier molecular flexibility index (Phi) is 4.25. The second-order valence-electron chi connectivity index (χ2n) is 8.74. The number of nitrogens with zero attached hydrogens (tertiary/aromatic N) is 1. The monoisotopic (exact) mass is 441 g/mol. The van der Waals surface area contributed by atoms with Crippen LogP contribution in [0.2, 0.25) is 0 Å². The van der Waals surface area contributed by atoms with Crippen LogP contribution in [-0.2, 0) is 26.3 Å². The molecule has 3 aliphatic heterocycles. The molecular formula is C26H20FN3O3. The Morgan fingerprint density at radius 1 is 0.848 bits per heavy atom. The molecule has 6 nitrogen and oxygen atoms in total. The molecule has 33 heavy (non-hydrogen) atoms. The molecule has 3 aliphatic rings. The SMILES string of the molecule is O=C1[C@@H]2[C@H](Cc3ccccc3)N[C@]3(C(=O)Nc4ccccc43)[C@@H]2C(=O)N1c1ccc(F)cc1. The van der Waals surface area contributed by atoms with E-state index in [-0.39, 0.29) is 11.8 Å². The quantitative estimate of drug-likeness (QED) is 0.613. The molecule has 4 atom stereocenters. The maximum absolute atomic E-state index is 13.8. The van der Waals surface area contributed by atoms with Crippen LogP contribution < -0.4 is 15.5 Å². The van der Waals surface area contributed by atoms with E-state index in [1.807, 2.05) is 48.5 Å². The topological polar surface area (TPSA) is 78.5 Å².